The predicted octanol–water partition coefficient (Wildman–Crippen LogP) is 4.55. The number of rotatable bonds is 6. The number of pyridine rings is 1. The van der Waals surface area contributed by atoms with Crippen LogP contribution in [0, 0.1) is 0 Å². The molecule has 0 fully saturated rings. The summed E-state index contributed by atoms with van der Waals surface area (Å²) in [4.78, 5) is 6.73. The first-order valence-corrected chi connectivity index (χ1v) is 10.2. The number of nitrogens with zero attached hydrogens (tertiary/aromatic N) is 2. The summed E-state index contributed by atoms with van der Waals surface area (Å²) < 4.78 is 16.5. The van der Waals surface area contributed by atoms with E-state index in [2.05, 4.69) is 53.3 Å². The van der Waals surface area contributed by atoms with Gasteiger partial charge in [-0.15, -0.1) is 0 Å². The van der Waals surface area contributed by atoms with Crippen LogP contribution in [0.3, 0.4) is 0 Å². The molecule has 0 amide bonds. The Balaban J connectivity index is 1.62. The second-order valence-electron chi connectivity index (χ2n) is 7.61. The number of fused-ring (bicyclic) bond motifs is 1. The SMILES string of the molecule is COc1cc2c(cc1OC)C(Cc1ccc(-c3cccnc3OC)cc1)N(C)CC2. The number of aromatic nitrogens is 1. The Hall–Kier alpha value is -3.05. The van der Waals surface area contributed by atoms with Crippen LogP contribution in [0.15, 0.2) is 54.7 Å². The highest BCUT2D eigenvalue weighted by atomic mass is 16.5. The van der Waals surface area contributed by atoms with Crippen molar-refractivity contribution in [2.75, 3.05) is 34.9 Å². The molecule has 2 heterocycles. The lowest BCUT2D eigenvalue weighted by Gasteiger charge is -2.35. The fourth-order valence-corrected chi connectivity index (χ4v) is 4.24. The van der Waals surface area contributed by atoms with Crippen LogP contribution in [0.1, 0.15) is 22.7 Å². The lowest BCUT2D eigenvalue weighted by molar-refractivity contribution is 0.228. The normalized spacial score (nSPS) is 16.1. The largest absolute Gasteiger partial charge is 0.493 e. The topological polar surface area (TPSA) is 43.8 Å². The maximum Gasteiger partial charge on any atom is 0.221 e. The molecule has 1 aliphatic rings. The van der Waals surface area contributed by atoms with Crippen LogP contribution in [-0.4, -0.2) is 44.8 Å². The Morgan fingerprint density at radius 1 is 0.967 bits per heavy atom. The van der Waals surface area contributed by atoms with Gasteiger partial charge in [0.2, 0.25) is 5.88 Å². The summed E-state index contributed by atoms with van der Waals surface area (Å²) in [5.74, 6) is 2.23. The van der Waals surface area contributed by atoms with Crippen molar-refractivity contribution >= 4 is 0 Å². The molecule has 3 aromatic rings. The van der Waals surface area contributed by atoms with Crippen LogP contribution in [0.25, 0.3) is 11.1 Å². The molecule has 156 valence electrons. The third-order valence-corrected chi connectivity index (χ3v) is 5.93. The van der Waals surface area contributed by atoms with E-state index >= 15 is 0 Å². The number of likely N-dealkylation sites (N-methyl/N-ethyl adjacent to an activating group) is 1. The average Bonchev–Trinajstić information content (AvgIpc) is 2.80. The number of hydrogen-bond donors (Lipinski definition) is 0. The number of hydrogen-bond acceptors (Lipinski definition) is 5. The first-order chi connectivity index (χ1) is 14.6. The fraction of sp³-hybridized carbons (Fsp3) is 0.320. The standard InChI is InChI=1S/C25H28N2O3/c1-27-13-11-19-15-23(28-2)24(29-3)16-21(19)22(27)14-17-7-9-18(10-8-17)20-6-5-12-26-25(20)30-4/h5-10,12,15-16,22H,11,13-14H2,1-4H3. The maximum atomic E-state index is 5.56. The molecule has 2 aromatic carbocycles. The molecule has 0 N–H and O–H groups in total. The third-order valence-electron chi connectivity index (χ3n) is 5.93. The lowest BCUT2D eigenvalue weighted by atomic mass is 9.88. The van der Waals surface area contributed by atoms with Crippen molar-refractivity contribution in [2.24, 2.45) is 0 Å². The average molecular weight is 405 g/mol. The molecule has 4 rings (SSSR count). The van der Waals surface area contributed by atoms with Crippen molar-refractivity contribution in [1.82, 2.24) is 9.88 Å². The van der Waals surface area contributed by atoms with E-state index in [1.807, 2.05) is 12.1 Å². The van der Waals surface area contributed by atoms with Gasteiger partial charge in [0.25, 0.3) is 0 Å². The third kappa shape index (κ3) is 3.85. The van der Waals surface area contributed by atoms with Crippen LogP contribution < -0.4 is 14.2 Å². The summed E-state index contributed by atoms with van der Waals surface area (Å²) in [6, 6.07) is 17.2. The van der Waals surface area contributed by atoms with Crippen LogP contribution in [0.2, 0.25) is 0 Å². The second-order valence-corrected chi connectivity index (χ2v) is 7.61. The minimum absolute atomic E-state index is 0.298. The van der Waals surface area contributed by atoms with Crippen molar-refractivity contribution in [2.45, 2.75) is 18.9 Å². The summed E-state index contributed by atoms with van der Waals surface area (Å²) >= 11 is 0. The van der Waals surface area contributed by atoms with Crippen molar-refractivity contribution in [1.29, 1.82) is 0 Å². The van der Waals surface area contributed by atoms with Crippen molar-refractivity contribution in [3.8, 4) is 28.5 Å². The highest BCUT2D eigenvalue weighted by molar-refractivity contribution is 5.68. The van der Waals surface area contributed by atoms with E-state index in [4.69, 9.17) is 14.2 Å². The Morgan fingerprint density at radius 2 is 1.70 bits per heavy atom. The summed E-state index contributed by atoms with van der Waals surface area (Å²) in [7, 11) is 7.23. The predicted molar refractivity (Wildman–Crippen MR) is 119 cm³/mol. The molecule has 0 radical (unpaired) electrons. The molecule has 1 atom stereocenters. The Kier molecular flexibility index (Phi) is 5.91. The van der Waals surface area contributed by atoms with E-state index in [0.29, 0.717) is 11.9 Å². The van der Waals surface area contributed by atoms with Gasteiger partial charge in [-0.1, -0.05) is 24.3 Å². The molecule has 0 saturated heterocycles. The van der Waals surface area contributed by atoms with Crippen LogP contribution in [0.5, 0.6) is 17.4 Å². The quantitative estimate of drug-likeness (QED) is 0.603. The zero-order valence-electron chi connectivity index (χ0n) is 18.0. The van der Waals surface area contributed by atoms with E-state index in [9.17, 15) is 0 Å². The molecule has 5 nitrogen and oxygen atoms in total. The Labute approximate surface area is 178 Å². The molecule has 1 aliphatic heterocycles. The highest BCUT2D eigenvalue weighted by Gasteiger charge is 2.27. The van der Waals surface area contributed by atoms with Gasteiger partial charge in [-0.2, -0.15) is 0 Å². The zero-order valence-corrected chi connectivity index (χ0v) is 18.0. The first kappa shape index (κ1) is 20.2. The van der Waals surface area contributed by atoms with Crippen LogP contribution in [-0.2, 0) is 12.8 Å². The molecule has 5 heteroatoms. The molecule has 30 heavy (non-hydrogen) atoms. The summed E-state index contributed by atoms with van der Waals surface area (Å²) in [6.45, 7) is 1.03. The van der Waals surface area contributed by atoms with Crippen molar-refractivity contribution < 1.29 is 14.2 Å². The Bertz CT molecular complexity index is 1020. The molecule has 1 aromatic heterocycles. The molecule has 1 unspecified atom stereocenters. The van der Waals surface area contributed by atoms with E-state index < -0.39 is 0 Å². The van der Waals surface area contributed by atoms with E-state index in [-0.39, 0.29) is 0 Å². The van der Waals surface area contributed by atoms with Gasteiger partial charge < -0.3 is 14.2 Å². The van der Waals surface area contributed by atoms with Crippen molar-refractivity contribution in [3.63, 3.8) is 0 Å². The van der Waals surface area contributed by atoms with Gasteiger partial charge in [-0.05, 0) is 66.4 Å². The summed E-state index contributed by atoms with van der Waals surface area (Å²) in [5, 5.41) is 0. The molecular weight excluding hydrogens is 376 g/mol. The molecule has 0 saturated carbocycles. The van der Waals surface area contributed by atoms with E-state index in [0.717, 1.165) is 42.0 Å². The fourth-order valence-electron chi connectivity index (χ4n) is 4.24. The van der Waals surface area contributed by atoms with Gasteiger partial charge in [-0.3, -0.25) is 4.90 Å². The monoisotopic (exact) mass is 404 g/mol. The number of methoxy groups -OCH3 is 3. The highest BCUT2D eigenvalue weighted by Crippen LogP contribution is 2.39. The van der Waals surface area contributed by atoms with Gasteiger partial charge in [0.05, 0.1) is 21.3 Å². The van der Waals surface area contributed by atoms with Gasteiger partial charge >= 0.3 is 0 Å². The van der Waals surface area contributed by atoms with Crippen LogP contribution in [0.4, 0.5) is 0 Å². The number of ether oxygens (including phenoxy) is 3. The van der Waals surface area contributed by atoms with Gasteiger partial charge in [0.1, 0.15) is 0 Å². The van der Waals surface area contributed by atoms with Gasteiger partial charge in [0.15, 0.2) is 11.5 Å². The van der Waals surface area contributed by atoms with Crippen molar-refractivity contribution in [3.05, 3.63) is 71.4 Å². The molecular formula is C25H28N2O3. The maximum absolute atomic E-state index is 5.56. The molecule has 0 aliphatic carbocycles. The zero-order chi connectivity index (χ0) is 21.1. The lowest BCUT2D eigenvalue weighted by Crippen LogP contribution is -2.33. The molecule has 0 bridgehead atoms. The van der Waals surface area contributed by atoms with Gasteiger partial charge in [-0.25, -0.2) is 4.98 Å². The van der Waals surface area contributed by atoms with Crippen LogP contribution >= 0.6 is 0 Å². The van der Waals surface area contributed by atoms with E-state index in [1.165, 1.54) is 16.7 Å². The Morgan fingerprint density at radius 3 is 2.40 bits per heavy atom. The minimum Gasteiger partial charge on any atom is -0.493 e. The summed E-state index contributed by atoms with van der Waals surface area (Å²) in [5.41, 5.74) is 6.06. The second kappa shape index (κ2) is 8.76. The number of benzene rings is 2. The first-order valence-electron chi connectivity index (χ1n) is 10.2. The minimum atomic E-state index is 0.298. The van der Waals surface area contributed by atoms with E-state index in [1.54, 1.807) is 27.5 Å². The smallest absolute Gasteiger partial charge is 0.221 e. The van der Waals surface area contributed by atoms with Gasteiger partial charge in [0, 0.05) is 24.3 Å². The summed E-state index contributed by atoms with van der Waals surface area (Å²) in [6.07, 6.45) is 3.70. The molecule has 0 spiro atoms.